The molecule has 0 radical (unpaired) electrons. The summed E-state index contributed by atoms with van der Waals surface area (Å²) in [5.41, 5.74) is 3.86. The molecule has 22 heavy (non-hydrogen) atoms. The number of amides is 1. The number of hydrazone groups is 1. The highest BCUT2D eigenvalue weighted by molar-refractivity contribution is 14.1. The summed E-state index contributed by atoms with van der Waals surface area (Å²) in [7, 11) is 0. The molecule has 0 bridgehead atoms. The number of ether oxygens (including phenoxy) is 1. The van der Waals surface area contributed by atoms with E-state index < -0.39 is 0 Å². The lowest BCUT2D eigenvalue weighted by Crippen LogP contribution is -2.17. The fourth-order valence-electron chi connectivity index (χ4n) is 1.72. The normalized spacial score (nSPS) is 10.4. The Labute approximate surface area is 143 Å². The molecule has 0 aliphatic heterocycles. The summed E-state index contributed by atoms with van der Waals surface area (Å²) in [5, 5.41) is 3.98. The van der Waals surface area contributed by atoms with Crippen molar-refractivity contribution in [1.82, 2.24) is 5.43 Å². The van der Waals surface area contributed by atoms with Crippen molar-refractivity contribution in [2.75, 3.05) is 6.61 Å². The number of hydrogen-bond acceptors (Lipinski definition) is 3. The van der Waals surface area contributed by atoms with Crippen LogP contribution in [0.1, 0.15) is 15.9 Å². The van der Waals surface area contributed by atoms with E-state index in [0.717, 1.165) is 9.13 Å². The van der Waals surface area contributed by atoms with Crippen LogP contribution in [0.15, 0.2) is 66.3 Å². The van der Waals surface area contributed by atoms with Crippen molar-refractivity contribution >= 4 is 34.7 Å². The van der Waals surface area contributed by atoms with E-state index in [1.165, 1.54) is 0 Å². The van der Waals surface area contributed by atoms with E-state index in [0.29, 0.717) is 17.9 Å². The van der Waals surface area contributed by atoms with Crippen LogP contribution in [-0.2, 0) is 0 Å². The maximum atomic E-state index is 12.0. The highest BCUT2D eigenvalue weighted by atomic mass is 127. The molecule has 2 rings (SSSR count). The van der Waals surface area contributed by atoms with Crippen molar-refractivity contribution in [3.05, 3.63) is 75.9 Å². The van der Waals surface area contributed by atoms with E-state index in [4.69, 9.17) is 4.74 Å². The molecule has 0 unspecified atom stereocenters. The van der Waals surface area contributed by atoms with Crippen LogP contribution in [0.5, 0.6) is 5.75 Å². The van der Waals surface area contributed by atoms with E-state index in [-0.39, 0.29) is 5.91 Å². The van der Waals surface area contributed by atoms with Crippen molar-refractivity contribution in [3.63, 3.8) is 0 Å². The molecule has 0 spiro atoms. The molecule has 0 aliphatic rings. The molecule has 112 valence electrons. The Bertz CT molecular complexity index is 699. The summed E-state index contributed by atoms with van der Waals surface area (Å²) >= 11 is 2.16. The van der Waals surface area contributed by atoms with Gasteiger partial charge in [0.15, 0.2) is 0 Å². The molecular weight excluding hydrogens is 391 g/mol. The summed E-state index contributed by atoms with van der Waals surface area (Å²) in [5.74, 6) is 0.439. The van der Waals surface area contributed by atoms with Crippen LogP contribution in [0.3, 0.4) is 0 Å². The molecular formula is C17H15IN2O2. The lowest BCUT2D eigenvalue weighted by molar-refractivity contribution is 0.0955. The van der Waals surface area contributed by atoms with Crippen molar-refractivity contribution in [2.45, 2.75) is 0 Å². The third kappa shape index (κ3) is 4.70. The Hall–Kier alpha value is -2.15. The van der Waals surface area contributed by atoms with Crippen molar-refractivity contribution in [2.24, 2.45) is 5.10 Å². The molecule has 0 saturated carbocycles. The predicted octanol–water partition coefficient (Wildman–Crippen LogP) is 3.62. The maximum absolute atomic E-state index is 12.0. The smallest absolute Gasteiger partial charge is 0.271 e. The lowest BCUT2D eigenvalue weighted by Gasteiger charge is -2.06. The SMILES string of the molecule is C=CCOc1ccccc1/C=N\NC(=O)c1cccc(I)c1. The number of carbonyl (C=O) groups excluding carboxylic acids is 1. The second-order valence-corrected chi connectivity index (χ2v) is 5.59. The van der Waals surface area contributed by atoms with Crippen LogP contribution in [0.4, 0.5) is 0 Å². The number of benzene rings is 2. The van der Waals surface area contributed by atoms with Gasteiger partial charge < -0.3 is 4.74 Å². The fraction of sp³-hybridized carbons (Fsp3) is 0.0588. The molecule has 2 aromatic rings. The highest BCUT2D eigenvalue weighted by Crippen LogP contribution is 2.15. The monoisotopic (exact) mass is 406 g/mol. The average molecular weight is 406 g/mol. The fourth-order valence-corrected chi connectivity index (χ4v) is 2.27. The van der Waals surface area contributed by atoms with Gasteiger partial charge in [0.1, 0.15) is 12.4 Å². The quantitative estimate of drug-likeness (QED) is 0.345. The van der Waals surface area contributed by atoms with Gasteiger partial charge in [0.25, 0.3) is 5.91 Å². The topological polar surface area (TPSA) is 50.7 Å². The van der Waals surface area contributed by atoms with Crippen LogP contribution in [0, 0.1) is 3.57 Å². The van der Waals surface area contributed by atoms with Gasteiger partial charge >= 0.3 is 0 Å². The van der Waals surface area contributed by atoms with Gasteiger partial charge in [-0.05, 0) is 52.9 Å². The first-order valence-electron chi connectivity index (χ1n) is 6.62. The Balaban J connectivity index is 2.03. The van der Waals surface area contributed by atoms with Gasteiger partial charge in [0.2, 0.25) is 0 Å². The number of carbonyl (C=O) groups is 1. The number of hydrogen-bond donors (Lipinski definition) is 1. The minimum Gasteiger partial charge on any atom is -0.489 e. The Morgan fingerprint density at radius 2 is 2.09 bits per heavy atom. The first kappa shape index (κ1) is 16.2. The number of nitrogens with one attached hydrogen (secondary N) is 1. The lowest BCUT2D eigenvalue weighted by atomic mass is 10.2. The first-order valence-corrected chi connectivity index (χ1v) is 7.70. The average Bonchev–Trinajstić information content (AvgIpc) is 2.54. The van der Waals surface area contributed by atoms with Crippen molar-refractivity contribution < 1.29 is 9.53 Å². The molecule has 0 atom stereocenters. The van der Waals surface area contributed by atoms with Gasteiger partial charge in [0, 0.05) is 14.7 Å². The standard InChI is InChI=1S/C17H15IN2O2/c1-2-10-22-16-9-4-3-6-14(16)12-19-20-17(21)13-7-5-8-15(18)11-13/h2-9,11-12H,1,10H2,(H,20,21)/b19-12-. The molecule has 2 aromatic carbocycles. The van der Waals surface area contributed by atoms with Crippen LogP contribution in [0.2, 0.25) is 0 Å². The molecule has 1 N–H and O–H groups in total. The summed E-state index contributed by atoms with van der Waals surface area (Å²) in [6, 6.07) is 14.8. The Morgan fingerprint density at radius 3 is 2.86 bits per heavy atom. The summed E-state index contributed by atoms with van der Waals surface area (Å²) in [6.45, 7) is 4.03. The molecule has 0 aliphatic carbocycles. The van der Waals surface area contributed by atoms with Gasteiger partial charge in [-0.1, -0.05) is 30.9 Å². The minimum absolute atomic E-state index is 0.251. The second kappa shape index (κ2) is 8.33. The third-order valence-electron chi connectivity index (χ3n) is 2.73. The first-order chi connectivity index (χ1) is 10.7. The van der Waals surface area contributed by atoms with Crippen molar-refractivity contribution in [1.29, 1.82) is 0 Å². The molecule has 1 amide bonds. The molecule has 0 heterocycles. The molecule has 0 saturated heterocycles. The zero-order valence-electron chi connectivity index (χ0n) is 11.8. The van der Waals surface area contributed by atoms with E-state index in [1.54, 1.807) is 24.4 Å². The number of halogens is 1. The van der Waals surface area contributed by atoms with Gasteiger partial charge in [-0.15, -0.1) is 0 Å². The Kier molecular flexibility index (Phi) is 6.14. The molecule has 0 fully saturated rings. The molecule has 0 aromatic heterocycles. The summed E-state index contributed by atoms with van der Waals surface area (Å²) in [4.78, 5) is 12.0. The number of rotatable bonds is 6. The molecule has 4 nitrogen and oxygen atoms in total. The van der Waals surface area contributed by atoms with Gasteiger partial charge in [-0.25, -0.2) is 5.43 Å². The largest absolute Gasteiger partial charge is 0.489 e. The van der Waals surface area contributed by atoms with E-state index in [9.17, 15) is 4.79 Å². The summed E-state index contributed by atoms with van der Waals surface area (Å²) < 4.78 is 6.52. The number of para-hydroxylation sites is 1. The zero-order valence-corrected chi connectivity index (χ0v) is 14.0. The Morgan fingerprint density at radius 1 is 1.27 bits per heavy atom. The minimum atomic E-state index is -0.251. The van der Waals surface area contributed by atoms with Crippen LogP contribution < -0.4 is 10.2 Å². The van der Waals surface area contributed by atoms with E-state index >= 15 is 0 Å². The van der Waals surface area contributed by atoms with Gasteiger partial charge in [-0.2, -0.15) is 5.10 Å². The van der Waals surface area contributed by atoms with Gasteiger partial charge in [0.05, 0.1) is 6.21 Å². The maximum Gasteiger partial charge on any atom is 0.271 e. The highest BCUT2D eigenvalue weighted by Gasteiger charge is 2.04. The number of nitrogens with zero attached hydrogens (tertiary/aromatic N) is 1. The predicted molar refractivity (Wildman–Crippen MR) is 96.4 cm³/mol. The van der Waals surface area contributed by atoms with Crippen LogP contribution in [0.25, 0.3) is 0 Å². The van der Waals surface area contributed by atoms with Crippen molar-refractivity contribution in [3.8, 4) is 5.75 Å². The molecule has 5 heteroatoms. The van der Waals surface area contributed by atoms with Gasteiger partial charge in [-0.3, -0.25) is 4.79 Å². The van der Waals surface area contributed by atoms with E-state index in [1.807, 2.05) is 36.4 Å². The van der Waals surface area contributed by atoms with E-state index in [2.05, 4.69) is 39.7 Å². The second-order valence-electron chi connectivity index (χ2n) is 4.35. The third-order valence-corrected chi connectivity index (χ3v) is 3.40. The van der Waals surface area contributed by atoms with Crippen LogP contribution >= 0.6 is 22.6 Å². The van der Waals surface area contributed by atoms with Crippen LogP contribution in [-0.4, -0.2) is 18.7 Å². The summed E-state index contributed by atoms with van der Waals surface area (Å²) in [6.07, 6.45) is 3.23. The zero-order chi connectivity index (χ0) is 15.8.